The van der Waals surface area contributed by atoms with Crippen molar-refractivity contribution in [3.8, 4) is 0 Å². The third kappa shape index (κ3) is 4.12. The molecule has 11 heteroatoms. The van der Waals surface area contributed by atoms with E-state index in [1.165, 1.54) is 28.2 Å². The van der Waals surface area contributed by atoms with Crippen molar-refractivity contribution in [2.24, 2.45) is 15.4 Å². The molecule has 6 rings (SSSR count). The first-order chi connectivity index (χ1) is 18.4. The van der Waals surface area contributed by atoms with Gasteiger partial charge in [-0.15, -0.1) is 0 Å². The van der Waals surface area contributed by atoms with Crippen LogP contribution in [-0.2, 0) is 14.4 Å². The predicted molar refractivity (Wildman–Crippen MR) is 137 cm³/mol. The van der Waals surface area contributed by atoms with E-state index in [9.17, 15) is 18.8 Å². The molecule has 9 nitrogen and oxygen atoms in total. The third-order valence-corrected chi connectivity index (χ3v) is 7.00. The normalized spacial score (nSPS) is 22.3. The van der Waals surface area contributed by atoms with E-state index in [4.69, 9.17) is 11.6 Å². The Morgan fingerprint density at radius 2 is 1.74 bits per heavy atom. The maximum atomic E-state index is 13.8. The molecule has 190 valence electrons. The van der Waals surface area contributed by atoms with Gasteiger partial charge in [-0.2, -0.15) is 10.2 Å². The molecule has 0 spiro atoms. The number of hydrogen-bond donors (Lipinski definition) is 0. The highest BCUT2D eigenvalue weighted by Crippen LogP contribution is 2.35. The fourth-order valence-electron chi connectivity index (χ4n) is 4.93. The van der Waals surface area contributed by atoms with Gasteiger partial charge in [0.2, 0.25) is 0 Å². The lowest BCUT2D eigenvalue weighted by molar-refractivity contribution is -0.135. The van der Waals surface area contributed by atoms with E-state index in [2.05, 4.69) is 15.4 Å². The van der Waals surface area contributed by atoms with Crippen molar-refractivity contribution < 1.29 is 18.8 Å². The molecule has 0 radical (unpaired) electrons. The van der Waals surface area contributed by atoms with Gasteiger partial charge in [0.05, 0.1) is 17.4 Å². The maximum absolute atomic E-state index is 13.8. The van der Waals surface area contributed by atoms with Crippen molar-refractivity contribution in [1.82, 2.24) is 10.0 Å². The zero-order valence-corrected chi connectivity index (χ0v) is 20.6. The van der Waals surface area contributed by atoms with Gasteiger partial charge >= 0.3 is 0 Å². The Morgan fingerprint density at radius 3 is 2.47 bits per heavy atom. The van der Waals surface area contributed by atoms with Crippen LogP contribution in [-0.4, -0.2) is 52.1 Å². The van der Waals surface area contributed by atoms with Gasteiger partial charge in [0.15, 0.2) is 12.1 Å². The minimum atomic E-state index is -1.10. The molecule has 0 bridgehead atoms. The van der Waals surface area contributed by atoms with Crippen LogP contribution in [0.3, 0.4) is 0 Å². The molecule has 3 aromatic rings. The first-order valence-electron chi connectivity index (χ1n) is 11.9. The lowest BCUT2D eigenvalue weighted by Gasteiger charge is -2.25. The molecule has 0 aromatic heterocycles. The maximum Gasteiger partial charge on any atom is 0.264 e. The summed E-state index contributed by atoms with van der Waals surface area (Å²) in [6, 6.07) is 19.4. The van der Waals surface area contributed by atoms with E-state index >= 15 is 0 Å². The predicted octanol–water partition coefficient (Wildman–Crippen LogP) is 4.15. The van der Waals surface area contributed by atoms with Gasteiger partial charge in [0.1, 0.15) is 12.4 Å². The fourth-order valence-corrected chi connectivity index (χ4v) is 5.05. The first-order valence-corrected chi connectivity index (χ1v) is 12.3. The number of anilines is 1. The average molecular weight is 531 g/mol. The molecule has 3 aliphatic heterocycles. The SMILES string of the molecule is O=C1[C@H]2N=NN(CC(=O)N3N=C(c4ccc(Cl)cc4)C[C@@H]3c3ccccc3)[C@H]2C(=O)N1c1cccc(F)c1. The van der Waals surface area contributed by atoms with Crippen molar-refractivity contribution >= 4 is 40.7 Å². The van der Waals surface area contributed by atoms with Crippen LogP contribution in [0.15, 0.2) is 94.3 Å². The van der Waals surface area contributed by atoms with Crippen molar-refractivity contribution in [3.63, 3.8) is 0 Å². The molecule has 3 aromatic carbocycles. The van der Waals surface area contributed by atoms with Gasteiger partial charge in [-0.25, -0.2) is 14.3 Å². The second kappa shape index (κ2) is 9.46. The summed E-state index contributed by atoms with van der Waals surface area (Å²) in [6.07, 6.45) is 0.482. The van der Waals surface area contributed by atoms with Gasteiger partial charge in [-0.05, 0) is 41.5 Å². The lowest BCUT2D eigenvalue weighted by Crippen LogP contribution is -2.44. The number of carbonyl (C=O) groups is 3. The average Bonchev–Trinajstić information content (AvgIpc) is 3.60. The molecular formula is C27H20ClFN6O3. The summed E-state index contributed by atoms with van der Waals surface area (Å²) < 4.78 is 13.8. The zero-order chi connectivity index (χ0) is 26.4. The Labute approximate surface area is 221 Å². The molecule has 38 heavy (non-hydrogen) atoms. The Balaban J connectivity index is 1.26. The van der Waals surface area contributed by atoms with E-state index in [1.807, 2.05) is 42.5 Å². The van der Waals surface area contributed by atoms with Crippen molar-refractivity contribution in [2.75, 3.05) is 11.4 Å². The largest absolute Gasteiger partial charge is 0.271 e. The number of imide groups is 1. The number of rotatable bonds is 5. The topological polar surface area (TPSA) is 98.0 Å². The van der Waals surface area contributed by atoms with E-state index in [1.54, 1.807) is 12.1 Å². The monoisotopic (exact) mass is 530 g/mol. The molecule has 0 N–H and O–H groups in total. The Bertz CT molecular complexity index is 1500. The second-order valence-electron chi connectivity index (χ2n) is 9.11. The molecule has 3 atom stereocenters. The summed E-state index contributed by atoms with van der Waals surface area (Å²) in [7, 11) is 0. The van der Waals surface area contributed by atoms with Crippen LogP contribution in [0.1, 0.15) is 23.6 Å². The van der Waals surface area contributed by atoms with E-state index in [0.29, 0.717) is 17.2 Å². The minimum Gasteiger partial charge on any atom is -0.271 e. The summed E-state index contributed by atoms with van der Waals surface area (Å²) in [5.74, 6) is -2.22. The van der Waals surface area contributed by atoms with Crippen molar-refractivity contribution in [2.45, 2.75) is 24.5 Å². The molecule has 3 aliphatic rings. The molecule has 0 aliphatic carbocycles. The highest BCUT2D eigenvalue weighted by atomic mass is 35.5. The van der Waals surface area contributed by atoms with Crippen LogP contribution in [0.25, 0.3) is 0 Å². The van der Waals surface area contributed by atoms with Crippen LogP contribution in [0, 0.1) is 5.82 Å². The van der Waals surface area contributed by atoms with E-state index in [0.717, 1.165) is 22.1 Å². The van der Waals surface area contributed by atoms with Gasteiger partial charge in [-0.3, -0.25) is 19.4 Å². The second-order valence-corrected chi connectivity index (χ2v) is 9.54. The van der Waals surface area contributed by atoms with Gasteiger partial charge in [0.25, 0.3) is 17.7 Å². The van der Waals surface area contributed by atoms with Crippen molar-refractivity contribution in [1.29, 1.82) is 0 Å². The Hall–Kier alpha value is -4.44. The zero-order valence-electron chi connectivity index (χ0n) is 19.8. The van der Waals surface area contributed by atoms with Crippen LogP contribution in [0.5, 0.6) is 0 Å². The fraction of sp³-hybridized carbons (Fsp3) is 0.185. The number of hydrogen-bond acceptors (Lipinski definition) is 7. The van der Waals surface area contributed by atoms with Gasteiger partial charge in [-0.1, -0.05) is 65.4 Å². The van der Waals surface area contributed by atoms with Gasteiger partial charge in [0, 0.05) is 11.4 Å². The molecule has 0 saturated carbocycles. The summed E-state index contributed by atoms with van der Waals surface area (Å²) in [4.78, 5) is 40.6. The van der Waals surface area contributed by atoms with Gasteiger partial charge < -0.3 is 0 Å². The standard InChI is InChI=1S/C27H20ClFN6O3/c28-18-11-9-16(10-12-18)21-14-22(17-5-2-1-3-6-17)35(31-21)23(36)15-33-25-24(30-32-33)26(37)34(27(25)38)20-8-4-7-19(29)13-20/h1-13,22,24-25H,14-15H2/t22-,24+,25-/m1/s1. The lowest BCUT2D eigenvalue weighted by atomic mass is 9.98. The molecule has 0 unspecified atom stereocenters. The first kappa shape index (κ1) is 23.9. The Kier molecular flexibility index (Phi) is 5.96. The number of hydrazone groups is 1. The summed E-state index contributed by atoms with van der Waals surface area (Å²) in [5, 5.41) is 15.8. The minimum absolute atomic E-state index is 0.108. The van der Waals surface area contributed by atoms with Crippen LogP contribution < -0.4 is 4.90 Å². The number of fused-ring (bicyclic) bond motifs is 1. The molecule has 3 amide bonds. The quantitative estimate of drug-likeness (QED) is 0.463. The molecule has 3 heterocycles. The highest BCUT2D eigenvalue weighted by Gasteiger charge is 2.55. The highest BCUT2D eigenvalue weighted by molar-refractivity contribution is 6.30. The number of benzene rings is 3. The number of nitrogens with zero attached hydrogens (tertiary/aromatic N) is 6. The third-order valence-electron chi connectivity index (χ3n) is 6.75. The van der Waals surface area contributed by atoms with Crippen molar-refractivity contribution in [3.05, 3.63) is 101 Å². The number of halogens is 2. The summed E-state index contributed by atoms with van der Waals surface area (Å²) in [6.45, 7) is -0.318. The molecular weight excluding hydrogens is 511 g/mol. The smallest absolute Gasteiger partial charge is 0.264 e. The van der Waals surface area contributed by atoms with Crippen LogP contribution in [0.2, 0.25) is 5.02 Å². The number of carbonyl (C=O) groups excluding carboxylic acids is 3. The van der Waals surface area contributed by atoms with E-state index in [-0.39, 0.29) is 18.3 Å². The number of amides is 3. The van der Waals surface area contributed by atoms with Crippen LogP contribution in [0.4, 0.5) is 10.1 Å². The summed E-state index contributed by atoms with van der Waals surface area (Å²) in [5.41, 5.74) is 2.57. The Morgan fingerprint density at radius 1 is 0.974 bits per heavy atom. The van der Waals surface area contributed by atoms with E-state index < -0.39 is 35.6 Å². The molecule has 1 fully saturated rings. The summed E-state index contributed by atoms with van der Waals surface area (Å²) >= 11 is 6.04. The van der Waals surface area contributed by atoms with Crippen LogP contribution >= 0.6 is 11.6 Å². The molecule has 1 saturated heterocycles.